The maximum atomic E-state index is 13.3. The van der Waals surface area contributed by atoms with Crippen LogP contribution in [0.3, 0.4) is 0 Å². The third-order valence-corrected chi connectivity index (χ3v) is 6.72. The average molecular weight is 508 g/mol. The lowest BCUT2D eigenvalue weighted by atomic mass is 10.1. The number of pyridine rings is 1. The van der Waals surface area contributed by atoms with Gasteiger partial charge in [0.25, 0.3) is 5.91 Å². The van der Waals surface area contributed by atoms with E-state index < -0.39 is 28.0 Å². The zero-order chi connectivity index (χ0) is 25.5. The predicted molar refractivity (Wildman–Crippen MR) is 119 cm³/mol. The number of amides is 1. The van der Waals surface area contributed by atoms with Crippen LogP contribution in [0.2, 0.25) is 0 Å². The number of aromatic nitrogens is 1. The standard InChI is InChI=1S/C24H20F4N2O4S/c1-14(24(26,27)28)34-22-8-7-19(35(2,32)33)10-20(22)23(31)30-12-16-9-21(29-11-17(16)13-30)15-3-5-18(25)6-4-15/h3-11,14H,12-13H2,1-2H3/t14-/m0/s1. The van der Waals surface area contributed by atoms with E-state index in [4.69, 9.17) is 4.74 Å². The van der Waals surface area contributed by atoms with E-state index in [1.807, 2.05) is 0 Å². The van der Waals surface area contributed by atoms with E-state index in [1.165, 1.54) is 17.0 Å². The van der Waals surface area contributed by atoms with Gasteiger partial charge in [0.05, 0.1) is 16.2 Å². The number of halogens is 4. The highest BCUT2D eigenvalue weighted by atomic mass is 32.2. The summed E-state index contributed by atoms with van der Waals surface area (Å²) in [5.41, 5.74) is 2.45. The summed E-state index contributed by atoms with van der Waals surface area (Å²) in [5.74, 6) is -1.44. The maximum Gasteiger partial charge on any atom is 0.425 e. The second kappa shape index (κ2) is 8.95. The fraction of sp³-hybridized carbons (Fsp3) is 0.250. The van der Waals surface area contributed by atoms with Crippen LogP contribution in [0.5, 0.6) is 5.75 Å². The van der Waals surface area contributed by atoms with Crippen molar-refractivity contribution in [3.8, 4) is 17.0 Å². The van der Waals surface area contributed by atoms with Crippen molar-refractivity contribution in [1.82, 2.24) is 9.88 Å². The van der Waals surface area contributed by atoms with Crippen LogP contribution in [0, 0.1) is 5.82 Å². The molecular formula is C24H20F4N2O4S. The Labute approximate surface area is 199 Å². The van der Waals surface area contributed by atoms with Gasteiger partial charge in [-0.3, -0.25) is 9.78 Å². The van der Waals surface area contributed by atoms with Crippen LogP contribution in [-0.4, -0.2) is 42.7 Å². The summed E-state index contributed by atoms with van der Waals surface area (Å²) in [6.07, 6.45) is -4.38. The van der Waals surface area contributed by atoms with Crippen LogP contribution in [0.4, 0.5) is 17.6 Å². The summed E-state index contributed by atoms with van der Waals surface area (Å²) in [7, 11) is -3.73. The van der Waals surface area contributed by atoms with E-state index in [2.05, 4.69) is 4.98 Å². The monoisotopic (exact) mass is 508 g/mol. The minimum atomic E-state index is -4.68. The number of alkyl halides is 3. The SMILES string of the molecule is C[C@H](Oc1ccc(S(C)(=O)=O)cc1C(=O)N1Cc2cnc(-c3ccc(F)cc3)cc2C1)C(F)(F)F. The molecular weight excluding hydrogens is 488 g/mol. The highest BCUT2D eigenvalue weighted by Crippen LogP contribution is 2.33. The van der Waals surface area contributed by atoms with Crippen molar-refractivity contribution >= 4 is 15.7 Å². The first-order valence-corrected chi connectivity index (χ1v) is 12.3. The Kier molecular flexibility index (Phi) is 6.31. The number of ether oxygens (including phenoxy) is 1. The predicted octanol–water partition coefficient (Wildman–Crippen LogP) is 4.78. The van der Waals surface area contributed by atoms with Crippen LogP contribution in [0.15, 0.2) is 59.6 Å². The van der Waals surface area contributed by atoms with E-state index >= 15 is 0 Å². The van der Waals surface area contributed by atoms with Crippen molar-refractivity contribution in [3.63, 3.8) is 0 Å². The number of nitrogens with zero attached hydrogens (tertiary/aromatic N) is 2. The van der Waals surface area contributed by atoms with Gasteiger partial charge < -0.3 is 9.64 Å². The van der Waals surface area contributed by atoms with Crippen molar-refractivity contribution in [3.05, 3.63) is 77.2 Å². The molecule has 6 nitrogen and oxygen atoms in total. The molecule has 1 aromatic heterocycles. The van der Waals surface area contributed by atoms with E-state index in [0.29, 0.717) is 11.3 Å². The molecule has 0 saturated heterocycles. The zero-order valence-corrected chi connectivity index (χ0v) is 19.5. The Morgan fingerprint density at radius 2 is 1.71 bits per heavy atom. The molecule has 11 heteroatoms. The van der Waals surface area contributed by atoms with E-state index in [0.717, 1.165) is 42.5 Å². The van der Waals surface area contributed by atoms with E-state index in [1.54, 1.807) is 24.4 Å². The van der Waals surface area contributed by atoms with Crippen molar-refractivity contribution in [2.45, 2.75) is 37.2 Å². The van der Waals surface area contributed by atoms with Crippen LogP contribution in [0.1, 0.15) is 28.4 Å². The average Bonchev–Trinajstić information content (AvgIpc) is 3.21. The highest BCUT2D eigenvalue weighted by Gasteiger charge is 2.39. The fourth-order valence-electron chi connectivity index (χ4n) is 3.64. The largest absolute Gasteiger partial charge is 0.480 e. The molecule has 0 aliphatic carbocycles. The molecule has 0 bridgehead atoms. The van der Waals surface area contributed by atoms with Crippen molar-refractivity contribution in [1.29, 1.82) is 0 Å². The smallest absolute Gasteiger partial charge is 0.425 e. The summed E-state index contributed by atoms with van der Waals surface area (Å²) in [6, 6.07) is 10.7. The molecule has 3 aromatic rings. The molecule has 2 aromatic carbocycles. The molecule has 0 radical (unpaired) electrons. The topological polar surface area (TPSA) is 76.6 Å². The lowest BCUT2D eigenvalue weighted by molar-refractivity contribution is -0.189. The molecule has 0 spiro atoms. The quantitative estimate of drug-likeness (QED) is 0.464. The molecule has 1 aliphatic rings. The highest BCUT2D eigenvalue weighted by molar-refractivity contribution is 7.90. The zero-order valence-electron chi connectivity index (χ0n) is 18.6. The Morgan fingerprint density at radius 1 is 1.06 bits per heavy atom. The second-order valence-corrected chi connectivity index (χ2v) is 10.3. The lowest BCUT2D eigenvalue weighted by Gasteiger charge is -2.22. The first-order chi connectivity index (χ1) is 16.3. The molecule has 0 saturated carbocycles. The van der Waals surface area contributed by atoms with Gasteiger partial charge in [0.2, 0.25) is 0 Å². The molecule has 184 valence electrons. The molecule has 2 heterocycles. The van der Waals surface area contributed by atoms with Gasteiger partial charge in [-0.1, -0.05) is 0 Å². The van der Waals surface area contributed by atoms with Gasteiger partial charge >= 0.3 is 6.18 Å². The third-order valence-electron chi connectivity index (χ3n) is 5.61. The molecule has 1 amide bonds. The molecule has 0 N–H and O–H groups in total. The minimum absolute atomic E-state index is 0.127. The van der Waals surface area contributed by atoms with Crippen molar-refractivity contribution < 1.29 is 35.5 Å². The molecule has 4 rings (SSSR count). The summed E-state index contributed by atoms with van der Waals surface area (Å²) >= 11 is 0. The summed E-state index contributed by atoms with van der Waals surface area (Å²) in [5, 5.41) is 0. The normalized spacial score (nSPS) is 14.5. The number of hydrogen-bond donors (Lipinski definition) is 0. The Hall–Kier alpha value is -3.47. The number of carbonyl (C=O) groups excluding carboxylic acids is 1. The minimum Gasteiger partial charge on any atom is -0.480 e. The third kappa shape index (κ3) is 5.29. The molecule has 35 heavy (non-hydrogen) atoms. The van der Waals surface area contributed by atoms with Crippen LogP contribution >= 0.6 is 0 Å². The summed E-state index contributed by atoms with van der Waals surface area (Å²) in [4.78, 5) is 18.9. The molecule has 1 aliphatic heterocycles. The Bertz CT molecular complexity index is 1390. The van der Waals surface area contributed by atoms with E-state index in [9.17, 15) is 30.8 Å². The number of sulfone groups is 1. The fourth-order valence-corrected chi connectivity index (χ4v) is 4.29. The van der Waals surface area contributed by atoms with Crippen LogP contribution in [0.25, 0.3) is 11.3 Å². The number of benzene rings is 2. The lowest BCUT2D eigenvalue weighted by Crippen LogP contribution is -2.32. The van der Waals surface area contributed by atoms with E-state index in [-0.39, 0.29) is 35.1 Å². The molecule has 0 fully saturated rings. The van der Waals surface area contributed by atoms with Crippen molar-refractivity contribution in [2.24, 2.45) is 0 Å². The number of rotatable bonds is 5. The van der Waals surface area contributed by atoms with Gasteiger partial charge in [-0.25, -0.2) is 12.8 Å². The van der Waals surface area contributed by atoms with Gasteiger partial charge in [0, 0.05) is 31.1 Å². The number of carbonyl (C=O) groups is 1. The van der Waals surface area contributed by atoms with Gasteiger partial charge in [0.15, 0.2) is 15.9 Å². The maximum absolute atomic E-state index is 13.3. The van der Waals surface area contributed by atoms with Gasteiger partial charge in [-0.15, -0.1) is 0 Å². The van der Waals surface area contributed by atoms with Gasteiger partial charge in [-0.05, 0) is 66.6 Å². The first kappa shape index (κ1) is 24.6. The molecule has 1 atom stereocenters. The first-order valence-electron chi connectivity index (χ1n) is 10.4. The van der Waals surface area contributed by atoms with Crippen LogP contribution < -0.4 is 4.74 Å². The second-order valence-electron chi connectivity index (χ2n) is 8.24. The molecule has 0 unspecified atom stereocenters. The summed E-state index contributed by atoms with van der Waals surface area (Å²) in [6.45, 7) is 1.05. The van der Waals surface area contributed by atoms with Gasteiger partial charge in [-0.2, -0.15) is 13.2 Å². The number of fused-ring (bicyclic) bond motifs is 1. The number of hydrogen-bond acceptors (Lipinski definition) is 5. The van der Waals surface area contributed by atoms with Crippen molar-refractivity contribution in [2.75, 3.05) is 6.26 Å². The van der Waals surface area contributed by atoms with Crippen LogP contribution in [-0.2, 0) is 22.9 Å². The summed E-state index contributed by atoms with van der Waals surface area (Å²) < 4.78 is 81.5. The Balaban J connectivity index is 1.65. The van der Waals surface area contributed by atoms with Gasteiger partial charge in [0.1, 0.15) is 11.6 Å². The Morgan fingerprint density at radius 3 is 2.34 bits per heavy atom.